The number of esters is 1. The summed E-state index contributed by atoms with van der Waals surface area (Å²) in [7, 11) is 0. The lowest BCUT2D eigenvalue weighted by molar-refractivity contribution is -0.150. The molecule has 0 spiro atoms. The van der Waals surface area contributed by atoms with Crippen molar-refractivity contribution in [1.82, 2.24) is 5.32 Å². The number of carbonyl (C=O) groups is 2. The third-order valence-electron chi connectivity index (χ3n) is 4.95. The number of rotatable bonds is 7. The second kappa shape index (κ2) is 9.92. The molecule has 5 heteroatoms. The van der Waals surface area contributed by atoms with Crippen LogP contribution in [0.2, 0.25) is 0 Å². The zero-order valence-electron chi connectivity index (χ0n) is 16.9. The molecule has 0 bridgehead atoms. The minimum Gasteiger partial charge on any atom is -0.494 e. The van der Waals surface area contributed by atoms with Gasteiger partial charge in [0.1, 0.15) is 5.75 Å². The summed E-state index contributed by atoms with van der Waals surface area (Å²) in [5.41, 5.74) is 3.27. The van der Waals surface area contributed by atoms with Gasteiger partial charge in [-0.25, -0.2) is 4.79 Å². The van der Waals surface area contributed by atoms with Crippen LogP contribution in [0, 0.1) is 0 Å². The fourth-order valence-electron chi connectivity index (χ4n) is 3.47. The van der Waals surface area contributed by atoms with Crippen LogP contribution in [0.15, 0.2) is 54.6 Å². The van der Waals surface area contributed by atoms with Crippen molar-refractivity contribution in [1.29, 1.82) is 0 Å². The second-order valence-corrected chi connectivity index (χ2v) is 7.07. The minimum absolute atomic E-state index is 0.0343. The van der Waals surface area contributed by atoms with Gasteiger partial charge >= 0.3 is 5.97 Å². The highest BCUT2D eigenvalue weighted by atomic mass is 16.5. The first kappa shape index (κ1) is 20.6. The predicted molar refractivity (Wildman–Crippen MR) is 112 cm³/mol. The third kappa shape index (κ3) is 5.70. The molecule has 0 heterocycles. The zero-order valence-corrected chi connectivity index (χ0v) is 16.9. The number of ether oxygens (including phenoxy) is 2. The number of nitrogens with one attached hydrogen (secondary N) is 1. The van der Waals surface area contributed by atoms with E-state index in [2.05, 4.69) is 17.4 Å². The van der Waals surface area contributed by atoms with E-state index in [1.54, 1.807) is 13.0 Å². The van der Waals surface area contributed by atoms with Crippen LogP contribution in [0.4, 0.5) is 0 Å². The van der Waals surface area contributed by atoms with E-state index in [1.165, 1.54) is 11.6 Å². The van der Waals surface area contributed by atoms with E-state index in [0.717, 1.165) is 36.1 Å². The second-order valence-electron chi connectivity index (χ2n) is 7.07. The van der Waals surface area contributed by atoms with E-state index >= 15 is 0 Å². The summed E-state index contributed by atoms with van der Waals surface area (Å²) in [5.74, 6) is -0.0538. The zero-order chi connectivity index (χ0) is 20.6. The molecule has 2 aromatic rings. The van der Waals surface area contributed by atoms with Crippen molar-refractivity contribution in [3.63, 3.8) is 0 Å². The molecular weight excluding hydrogens is 366 g/mol. The van der Waals surface area contributed by atoms with Gasteiger partial charge in [0.2, 0.25) is 0 Å². The smallest absolute Gasteiger partial charge is 0.331 e. The number of hydrogen-bond acceptors (Lipinski definition) is 4. The third-order valence-corrected chi connectivity index (χ3v) is 4.95. The average molecular weight is 393 g/mol. The molecule has 2 aromatic carbocycles. The molecule has 152 valence electrons. The maximum atomic E-state index is 12.5. The summed E-state index contributed by atoms with van der Waals surface area (Å²) in [6.45, 7) is 4.12. The Kier molecular flexibility index (Phi) is 7.06. The molecule has 2 atom stereocenters. The van der Waals surface area contributed by atoms with Gasteiger partial charge in [-0.1, -0.05) is 36.4 Å². The number of benzene rings is 2. The molecule has 1 N–H and O–H groups in total. The number of aryl methyl sites for hydroxylation is 1. The number of fused-ring (bicyclic) bond motifs is 1. The van der Waals surface area contributed by atoms with Crippen LogP contribution < -0.4 is 10.1 Å². The Bertz CT molecular complexity index is 873. The van der Waals surface area contributed by atoms with Crippen molar-refractivity contribution in [2.45, 2.75) is 45.3 Å². The maximum absolute atomic E-state index is 12.5. The summed E-state index contributed by atoms with van der Waals surface area (Å²) in [6, 6.07) is 15.5. The fraction of sp³-hybridized carbons (Fsp3) is 0.333. The highest BCUT2D eigenvalue weighted by Crippen LogP contribution is 2.29. The van der Waals surface area contributed by atoms with Gasteiger partial charge in [0.05, 0.1) is 12.6 Å². The summed E-state index contributed by atoms with van der Waals surface area (Å²) < 4.78 is 10.7. The monoisotopic (exact) mass is 393 g/mol. The Balaban J connectivity index is 1.52. The molecule has 0 radical (unpaired) electrons. The summed E-state index contributed by atoms with van der Waals surface area (Å²) in [6.07, 6.45) is 5.07. The molecule has 0 saturated heterocycles. The van der Waals surface area contributed by atoms with Gasteiger partial charge in [0, 0.05) is 6.08 Å². The van der Waals surface area contributed by atoms with Gasteiger partial charge in [0.15, 0.2) is 6.10 Å². The molecule has 5 nitrogen and oxygen atoms in total. The Morgan fingerprint density at radius 1 is 1.17 bits per heavy atom. The van der Waals surface area contributed by atoms with Crippen molar-refractivity contribution < 1.29 is 19.1 Å². The molecule has 3 rings (SSSR count). The summed E-state index contributed by atoms with van der Waals surface area (Å²) in [5, 5.41) is 3.02. The summed E-state index contributed by atoms with van der Waals surface area (Å²) in [4.78, 5) is 24.6. The van der Waals surface area contributed by atoms with Crippen LogP contribution >= 0.6 is 0 Å². The Morgan fingerprint density at radius 2 is 1.93 bits per heavy atom. The van der Waals surface area contributed by atoms with Crippen LogP contribution in [0.3, 0.4) is 0 Å². The van der Waals surface area contributed by atoms with Crippen molar-refractivity contribution in [3.05, 3.63) is 71.3 Å². The van der Waals surface area contributed by atoms with Gasteiger partial charge < -0.3 is 14.8 Å². The van der Waals surface area contributed by atoms with Gasteiger partial charge in [-0.2, -0.15) is 0 Å². The molecule has 0 aliphatic heterocycles. The molecule has 0 unspecified atom stereocenters. The van der Waals surface area contributed by atoms with Gasteiger partial charge in [-0.3, -0.25) is 4.79 Å². The lowest BCUT2D eigenvalue weighted by atomic mass is 9.87. The molecular formula is C24H27NO4. The van der Waals surface area contributed by atoms with Crippen molar-refractivity contribution >= 4 is 18.0 Å². The van der Waals surface area contributed by atoms with E-state index in [4.69, 9.17) is 9.47 Å². The quantitative estimate of drug-likeness (QED) is 0.565. The average Bonchev–Trinajstić information content (AvgIpc) is 2.73. The molecule has 29 heavy (non-hydrogen) atoms. The standard InChI is InChI=1S/C24H27NO4/c1-3-28-20-14-11-18(12-15-20)13-16-23(26)29-17(2)24(27)25-22-10-6-8-19-7-4-5-9-21(19)22/h4-5,7,9,11-17,22H,3,6,8,10H2,1-2H3,(H,25,27)/b16-13+/t17-,22+/m0/s1. The van der Waals surface area contributed by atoms with Gasteiger partial charge in [0.25, 0.3) is 5.91 Å². The lowest BCUT2D eigenvalue weighted by Gasteiger charge is -2.27. The van der Waals surface area contributed by atoms with Gasteiger partial charge in [-0.15, -0.1) is 0 Å². The molecule has 0 aromatic heterocycles. The first-order chi connectivity index (χ1) is 14.1. The molecule has 1 aliphatic carbocycles. The number of amides is 1. The van der Waals surface area contributed by atoms with Crippen LogP contribution in [0.1, 0.15) is 49.4 Å². The van der Waals surface area contributed by atoms with E-state index < -0.39 is 12.1 Å². The number of hydrogen-bond donors (Lipinski definition) is 1. The number of carbonyl (C=O) groups excluding carboxylic acids is 2. The van der Waals surface area contributed by atoms with E-state index in [9.17, 15) is 9.59 Å². The van der Waals surface area contributed by atoms with E-state index in [0.29, 0.717) is 6.61 Å². The first-order valence-corrected chi connectivity index (χ1v) is 10.1. The largest absolute Gasteiger partial charge is 0.494 e. The normalized spacial score (nSPS) is 16.7. The SMILES string of the molecule is CCOc1ccc(/C=C/C(=O)O[C@@H](C)C(=O)N[C@@H]2CCCc3ccccc32)cc1. The summed E-state index contributed by atoms with van der Waals surface area (Å²) >= 11 is 0. The van der Waals surface area contributed by atoms with Crippen molar-refractivity contribution in [3.8, 4) is 5.75 Å². The minimum atomic E-state index is -0.860. The van der Waals surface area contributed by atoms with Crippen LogP contribution in [0.25, 0.3) is 6.08 Å². The van der Waals surface area contributed by atoms with Crippen LogP contribution in [-0.4, -0.2) is 24.6 Å². The molecule has 1 aliphatic rings. The fourth-order valence-corrected chi connectivity index (χ4v) is 3.47. The van der Waals surface area contributed by atoms with Crippen molar-refractivity contribution in [2.75, 3.05) is 6.61 Å². The highest BCUT2D eigenvalue weighted by Gasteiger charge is 2.24. The first-order valence-electron chi connectivity index (χ1n) is 10.1. The van der Waals surface area contributed by atoms with Crippen LogP contribution in [-0.2, 0) is 20.7 Å². The molecule has 0 saturated carbocycles. The molecule has 1 amide bonds. The lowest BCUT2D eigenvalue weighted by Crippen LogP contribution is -2.39. The Labute approximate surface area is 171 Å². The van der Waals surface area contributed by atoms with Gasteiger partial charge in [-0.05, 0) is 68.0 Å². The van der Waals surface area contributed by atoms with Crippen LogP contribution in [0.5, 0.6) is 5.75 Å². The highest BCUT2D eigenvalue weighted by molar-refractivity contribution is 5.90. The van der Waals surface area contributed by atoms with E-state index in [-0.39, 0.29) is 11.9 Å². The predicted octanol–water partition coefficient (Wildman–Crippen LogP) is 4.22. The Hall–Kier alpha value is -3.08. The topological polar surface area (TPSA) is 64.6 Å². The Morgan fingerprint density at radius 3 is 2.69 bits per heavy atom. The van der Waals surface area contributed by atoms with Crippen molar-refractivity contribution in [2.24, 2.45) is 0 Å². The molecule has 0 fully saturated rings. The maximum Gasteiger partial charge on any atom is 0.331 e. The van der Waals surface area contributed by atoms with E-state index in [1.807, 2.05) is 43.3 Å².